The second kappa shape index (κ2) is 5.96. The van der Waals surface area contributed by atoms with Crippen LogP contribution >= 0.6 is 11.3 Å². The largest absolute Gasteiger partial charge is 0.365 e. The van der Waals surface area contributed by atoms with Gasteiger partial charge in [-0.3, -0.25) is 14.2 Å². The predicted octanol–water partition coefficient (Wildman–Crippen LogP) is 2.48. The average Bonchev–Trinajstić information content (AvgIpc) is 2.89. The van der Waals surface area contributed by atoms with Gasteiger partial charge in [-0.15, -0.1) is 11.3 Å². The Morgan fingerprint density at radius 1 is 1.26 bits per heavy atom. The minimum atomic E-state index is -0.522. The topological polar surface area (TPSA) is 78.0 Å². The Bertz CT molecular complexity index is 939. The van der Waals surface area contributed by atoms with Gasteiger partial charge in [-0.05, 0) is 30.0 Å². The van der Waals surface area contributed by atoms with Crippen LogP contribution < -0.4 is 11.3 Å². The Labute approximate surface area is 137 Å². The first kappa shape index (κ1) is 15.4. The highest BCUT2D eigenvalue weighted by molar-refractivity contribution is 7.20. The van der Waals surface area contributed by atoms with Gasteiger partial charge >= 0.3 is 0 Å². The summed E-state index contributed by atoms with van der Waals surface area (Å²) in [5.41, 5.74) is 8.12. The van der Waals surface area contributed by atoms with Crippen LogP contribution in [0.3, 0.4) is 0 Å². The molecular weight excluding hydrogens is 310 g/mol. The molecular formula is C17H17N3O2S. The van der Waals surface area contributed by atoms with Crippen molar-refractivity contribution in [1.29, 1.82) is 0 Å². The van der Waals surface area contributed by atoms with Crippen LogP contribution in [0.2, 0.25) is 0 Å². The van der Waals surface area contributed by atoms with Crippen molar-refractivity contribution >= 4 is 27.5 Å². The first-order valence-electron chi connectivity index (χ1n) is 7.37. The van der Waals surface area contributed by atoms with Gasteiger partial charge in [0.1, 0.15) is 4.83 Å². The van der Waals surface area contributed by atoms with E-state index < -0.39 is 5.91 Å². The van der Waals surface area contributed by atoms with Crippen LogP contribution in [0.4, 0.5) is 0 Å². The third kappa shape index (κ3) is 2.77. The van der Waals surface area contributed by atoms with Crippen LogP contribution in [0.25, 0.3) is 10.2 Å². The van der Waals surface area contributed by atoms with Crippen LogP contribution in [0.5, 0.6) is 0 Å². The van der Waals surface area contributed by atoms with Crippen molar-refractivity contribution < 1.29 is 4.79 Å². The summed E-state index contributed by atoms with van der Waals surface area (Å²) in [6, 6.07) is 8.16. The number of benzene rings is 1. The van der Waals surface area contributed by atoms with Crippen molar-refractivity contribution in [2.24, 2.45) is 5.73 Å². The van der Waals surface area contributed by atoms with Crippen LogP contribution in [-0.4, -0.2) is 15.5 Å². The minimum absolute atomic E-state index is 0.143. The summed E-state index contributed by atoms with van der Waals surface area (Å²) in [6.45, 7) is 4.29. The third-order valence-electron chi connectivity index (χ3n) is 3.93. The lowest BCUT2D eigenvalue weighted by atomic mass is 10.1. The van der Waals surface area contributed by atoms with Gasteiger partial charge in [0.25, 0.3) is 11.5 Å². The quantitative estimate of drug-likeness (QED) is 0.799. The molecule has 0 atom stereocenters. The summed E-state index contributed by atoms with van der Waals surface area (Å²) < 4.78 is 1.56. The monoisotopic (exact) mass is 327 g/mol. The molecule has 0 bridgehead atoms. The highest BCUT2D eigenvalue weighted by Gasteiger charge is 2.17. The SMILES string of the molecule is CCc1ccc(Cn2cnc3sc(C(N)=O)c(C)c3c2=O)cc1. The van der Waals surface area contributed by atoms with Crippen LogP contribution in [0.15, 0.2) is 35.4 Å². The van der Waals surface area contributed by atoms with Gasteiger partial charge in [0.05, 0.1) is 23.1 Å². The van der Waals surface area contributed by atoms with Crippen molar-refractivity contribution in [3.63, 3.8) is 0 Å². The van der Waals surface area contributed by atoms with E-state index in [1.54, 1.807) is 11.5 Å². The molecule has 0 aliphatic heterocycles. The lowest BCUT2D eigenvalue weighted by Gasteiger charge is -2.06. The Morgan fingerprint density at radius 2 is 1.91 bits per heavy atom. The lowest BCUT2D eigenvalue weighted by Crippen LogP contribution is -2.21. The fourth-order valence-electron chi connectivity index (χ4n) is 2.58. The summed E-state index contributed by atoms with van der Waals surface area (Å²) in [4.78, 5) is 29.4. The van der Waals surface area contributed by atoms with Crippen LogP contribution in [0, 0.1) is 6.92 Å². The van der Waals surface area contributed by atoms with E-state index in [1.807, 2.05) is 12.1 Å². The van der Waals surface area contributed by atoms with E-state index in [1.165, 1.54) is 23.2 Å². The number of hydrogen-bond acceptors (Lipinski definition) is 4. The molecule has 0 fully saturated rings. The van der Waals surface area contributed by atoms with E-state index in [2.05, 4.69) is 24.0 Å². The smallest absolute Gasteiger partial charge is 0.262 e. The molecule has 2 heterocycles. The first-order valence-corrected chi connectivity index (χ1v) is 8.19. The molecule has 0 saturated heterocycles. The van der Waals surface area contributed by atoms with Crippen molar-refractivity contribution in [3.8, 4) is 0 Å². The zero-order chi connectivity index (χ0) is 16.6. The molecule has 2 aromatic heterocycles. The molecule has 0 spiro atoms. The van der Waals surface area contributed by atoms with E-state index in [0.29, 0.717) is 27.2 Å². The standard InChI is InChI=1S/C17H17N3O2S/c1-3-11-4-6-12(7-5-11)8-20-9-19-16-13(17(20)22)10(2)14(23-16)15(18)21/h4-7,9H,3,8H2,1-2H3,(H2,18,21). The summed E-state index contributed by atoms with van der Waals surface area (Å²) in [7, 11) is 0. The number of hydrogen-bond donors (Lipinski definition) is 1. The molecule has 0 unspecified atom stereocenters. The molecule has 0 aliphatic carbocycles. The number of thiophene rings is 1. The van der Waals surface area contributed by atoms with Gasteiger partial charge in [-0.25, -0.2) is 4.98 Å². The highest BCUT2D eigenvalue weighted by Crippen LogP contribution is 2.26. The number of rotatable bonds is 4. The second-order valence-electron chi connectivity index (χ2n) is 5.45. The fourth-order valence-corrected chi connectivity index (χ4v) is 3.58. The van der Waals surface area contributed by atoms with Gasteiger partial charge in [-0.2, -0.15) is 0 Å². The number of aryl methyl sites for hydroxylation is 2. The molecule has 0 saturated carbocycles. The number of carbonyl (C=O) groups is 1. The molecule has 2 N–H and O–H groups in total. The number of nitrogens with two attached hydrogens (primary N) is 1. The van der Waals surface area contributed by atoms with E-state index in [-0.39, 0.29) is 5.56 Å². The molecule has 0 aliphatic rings. The Balaban J connectivity index is 2.04. The number of aromatic nitrogens is 2. The molecule has 0 radical (unpaired) electrons. The number of primary amides is 1. The normalized spacial score (nSPS) is 11.0. The van der Waals surface area contributed by atoms with Gasteiger partial charge in [0.15, 0.2) is 0 Å². The molecule has 5 nitrogen and oxygen atoms in total. The Hall–Kier alpha value is -2.47. The van der Waals surface area contributed by atoms with Gasteiger partial charge < -0.3 is 5.73 Å². The number of amides is 1. The van der Waals surface area contributed by atoms with E-state index >= 15 is 0 Å². The van der Waals surface area contributed by atoms with Crippen LogP contribution in [-0.2, 0) is 13.0 Å². The summed E-state index contributed by atoms with van der Waals surface area (Å²) in [5, 5.41) is 0.483. The molecule has 6 heteroatoms. The zero-order valence-corrected chi connectivity index (χ0v) is 13.8. The van der Waals surface area contributed by atoms with Gasteiger partial charge in [0, 0.05) is 0 Å². The molecule has 1 aromatic carbocycles. The maximum Gasteiger partial charge on any atom is 0.262 e. The molecule has 1 amide bonds. The van der Waals surface area contributed by atoms with Crippen LogP contribution in [0.1, 0.15) is 33.3 Å². The molecule has 118 valence electrons. The molecule has 3 rings (SSSR count). The fraction of sp³-hybridized carbons (Fsp3) is 0.235. The van der Waals surface area contributed by atoms with Crippen molar-refractivity contribution in [2.75, 3.05) is 0 Å². The van der Waals surface area contributed by atoms with E-state index in [4.69, 9.17) is 5.73 Å². The number of nitrogens with zero attached hydrogens (tertiary/aromatic N) is 2. The second-order valence-corrected chi connectivity index (χ2v) is 6.45. The van der Waals surface area contributed by atoms with Crippen molar-refractivity contribution in [2.45, 2.75) is 26.8 Å². The minimum Gasteiger partial charge on any atom is -0.365 e. The van der Waals surface area contributed by atoms with E-state index in [0.717, 1.165) is 12.0 Å². The van der Waals surface area contributed by atoms with Crippen molar-refractivity contribution in [1.82, 2.24) is 9.55 Å². The lowest BCUT2D eigenvalue weighted by molar-refractivity contribution is 0.100. The molecule has 3 aromatic rings. The summed E-state index contributed by atoms with van der Waals surface area (Å²) >= 11 is 1.17. The third-order valence-corrected chi connectivity index (χ3v) is 5.14. The number of carbonyl (C=O) groups excluding carboxylic acids is 1. The Kier molecular flexibility index (Phi) is 4.00. The van der Waals surface area contributed by atoms with E-state index in [9.17, 15) is 9.59 Å². The molecule has 23 heavy (non-hydrogen) atoms. The Morgan fingerprint density at radius 3 is 2.52 bits per heavy atom. The van der Waals surface area contributed by atoms with Gasteiger partial charge in [-0.1, -0.05) is 31.2 Å². The average molecular weight is 327 g/mol. The maximum absolute atomic E-state index is 12.7. The summed E-state index contributed by atoms with van der Waals surface area (Å²) in [5.74, 6) is -0.522. The highest BCUT2D eigenvalue weighted by atomic mass is 32.1. The van der Waals surface area contributed by atoms with Crippen molar-refractivity contribution in [3.05, 3.63) is 62.5 Å². The summed E-state index contributed by atoms with van der Waals surface area (Å²) in [6.07, 6.45) is 2.51. The maximum atomic E-state index is 12.7. The zero-order valence-electron chi connectivity index (χ0n) is 13.0. The van der Waals surface area contributed by atoms with Gasteiger partial charge in [0.2, 0.25) is 0 Å². The predicted molar refractivity (Wildman–Crippen MR) is 92.1 cm³/mol. The first-order chi connectivity index (χ1) is 11.0. The number of fused-ring (bicyclic) bond motifs is 1.